The Labute approximate surface area is 122 Å². The topological polar surface area (TPSA) is 12.0 Å². The van der Waals surface area contributed by atoms with Crippen LogP contribution in [0.2, 0.25) is 0 Å². The van der Waals surface area contributed by atoms with E-state index >= 15 is 0 Å². The van der Waals surface area contributed by atoms with Gasteiger partial charge in [0.05, 0.1) is 0 Å². The molecule has 19 heavy (non-hydrogen) atoms. The molecule has 2 heteroatoms. The number of benzene rings is 1. The predicted molar refractivity (Wildman–Crippen MR) is 86.9 cm³/mol. The molecule has 2 rings (SSSR count). The van der Waals surface area contributed by atoms with Crippen molar-refractivity contribution in [1.29, 1.82) is 0 Å². The molecule has 0 aromatic heterocycles. The van der Waals surface area contributed by atoms with Crippen molar-refractivity contribution in [2.45, 2.75) is 51.8 Å². The Balaban J connectivity index is 2.35. The number of nitrogens with one attached hydrogen (secondary N) is 1. The highest BCUT2D eigenvalue weighted by Crippen LogP contribution is 2.35. The molecule has 0 amide bonds. The fourth-order valence-electron chi connectivity index (χ4n) is 2.76. The van der Waals surface area contributed by atoms with Crippen molar-refractivity contribution in [3.63, 3.8) is 0 Å². The van der Waals surface area contributed by atoms with Crippen LogP contribution in [0.25, 0.3) is 0 Å². The first-order valence-corrected chi connectivity index (χ1v) is 8.72. The number of fused-ring (bicyclic) bond motifs is 1. The molecule has 1 N–H and O–H groups in total. The van der Waals surface area contributed by atoms with Gasteiger partial charge >= 0.3 is 0 Å². The lowest BCUT2D eigenvalue weighted by atomic mass is 9.89. The van der Waals surface area contributed by atoms with Crippen molar-refractivity contribution in [1.82, 2.24) is 5.32 Å². The van der Waals surface area contributed by atoms with E-state index in [0.29, 0.717) is 17.9 Å². The summed E-state index contributed by atoms with van der Waals surface area (Å²) in [6, 6.07) is 7.66. The van der Waals surface area contributed by atoms with Gasteiger partial charge in [-0.15, -0.1) is 0 Å². The molecule has 0 saturated carbocycles. The minimum Gasteiger partial charge on any atom is -0.310 e. The summed E-state index contributed by atoms with van der Waals surface area (Å²) in [6.45, 7) is 10.3. The number of rotatable bonds is 4. The van der Waals surface area contributed by atoms with Gasteiger partial charge in [-0.05, 0) is 47.2 Å². The van der Waals surface area contributed by atoms with Crippen LogP contribution in [-0.2, 0) is 5.75 Å². The van der Waals surface area contributed by atoms with E-state index in [0.717, 1.165) is 6.54 Å². The maximum Gasteiger partial charge on any atom is 0.0357 e. The van der Waals surface area contributed by atoms with Crippen LogP contribution in [0.1, 0.15) is 62.8 Å². The molecule has 1 aromatic rings. The average Bonchev–Trinajstić information content (AvgIpc) is 2.54. The second kappa shape index (κ2) is 6.81. The van der Waals surface area contributed by atoms with Crippen molar-refractivity contribution < 1.29 is 0 Å². The van der Waals surface area contributed by atoms with Gasteiger partial charge in [0.25, 0.3) is 0 Å². The van der Waals surface area contributed by atoms with Crippen molar-refractivity contribution in [3.8, 4) is 0 Å². The lowest BCUT2D eigenvalue weighted by Gasteiger charge is -2.25. The molecule has 0 radical (unpaired) electrons. The molecule has 1 aromatic carbocycles. The summed E-state index contributed by atoms with van der Waals surface area (Å²) in [5.74, 6) is 3.75. The minimum absolute atomic E-state index is 0.531. The Morgan fingerprint density at radius 1 is 1.37 bits per heavy atom. The highest BCUT2D eigenvalue weighted by molar-refractivity contribution is 7.98. The van der Waals surface area contributed by atoms with Crippen molar-refractivity contribution in [2.75, 3.05) is 12.3 Å². The zero-order valence-corrected chi connectivity index (χ0v) is 13.5. The molecule has 0 spiro atoms. The predicted octanol–water partition coefficient (Wildman–Crippen LogP) is 4.73. The first-order chi connectivity index (χ1) is 9.13. The number of hydrogen-bond donors (Lipinski definition) is 1. The SMILES string of the molecule is CCCNC1c2cc(C(C)C)ccc2CSCC1C. The van der Waals surface area contributed by atoms with Gasteiger partial charge in [0.15, 0.2) is 0 Å². The van der Waals surface area contributed by atoms with Crippen LogP contribution in [-0.4, -0.2) is 12.3 Å². The lowest BCUT2D eigenvalue weighted by Crippen LogP contribution is -2.28. The molecule has 0 fully saturated rings. The largest absolute Gasteiger partial charge is 0.310 e. The Bertz CT molecular complexity index is 414. The monoisotopic (exact) mass is 277 g/mol. The molecule has 0 saturated heterocycles. The van der Waals surface area contributed by atoms with Crippen LogP contribution < -0.4 is 5.32 Å². The van der Waals surface area contributed by atoms with Crippen molar-refractivity contribution >= 4 is 11.8 Å². The van der Waals surface area contributed by atoms with E-state index in [-0.39, 0.29) is 0 Å². The molecule has 0 bridgehead atoms. The summed E-state index contributed by atoms with van der Waals surface area (Å²) in [5.41, 5.74) is 4.56. The van der Waals surface area contributed by atoms with Crippen LogP contribution in [0, 0.1) is 5.92 Å². The quantitative estimate of drug-likeness (QED) is 0.853. The third kappa shape index (κ3) is 3.55. The van der Waals surface area contributed by atoms with Gasteiger partial charge < -0.3 is 5.32 Å². The summed E-state index contributed by atoms with van der Waals surface area (Å²) in [5, 5.41) is 3.77. The Hall–Kier alpha value is -0.470. The fraction of sp³-hybridized carbons (Fsp3) is 0.647. The minimum atomic E-state index is 0.531. The van der Waals surface area contributed by atoms with Gasteiger partial charge in [0.2, 0.25) is 0 Å². The smallest absolute Gasteiger partial charge is 0.0357 e. The van der Waals surface area contributed by atoms with Crippen molar-refractivity contribution in [2.24, 2.45) is 5.92 Å². The number of thioether (sulfide) groups is 1. The fourth-order valence-corrected chi connectivity index (χ4v) is 3.93. The van der Waals surface area contributed by atoms with Crippen LogP contribution in [0.4, 0.5) is 0 Å². The Morgan fingerprint density at radius 2 is 2.16 bits per heavy atom. The molecular formula is C17H27NS. The maximum atomic E-state index is 3.77. The molecule has 1 heterocycles. The first kappa shape index (κ1) is 14.9. The summed E-state index contributed by atoms with van der Waals surface area (Å²) in [7, 11) is 0. The normalized spacial score (nSPS) is 23.2. The third-order valence-electron chi connectivity index (χ3n) is 3.99. The van der Waals surface area contributed by atoms with E-state index in [2.05, 4.69) is 63.0 Å². The standard InChI is InChI=1S/C17H27NS/c1-5-8-18-17-13(4)10-19-11-15-7-6-14(12(2)3)9-16(15)17/h6-7,9,12-13,17-18H,5,8,10-11H2,1-4H3. The van der Waals surface area contributed by atoms with Crippen LogP contribution in [0.3, 0.4) is 0 Å². The lowest BCUT2D eigenvalue weighted by molar-refractivity contribution is 0.418. The molecular weight excluding hydrogens is 250 g/mol. The van der Waals surface area contributed by atoms with Gasteiger partial charge in [-0.25, -0.2) is 0 Å². The van der Waals surface area contributed by atoms with Gasteiger partial charge in [-0.2, -0.15) is 11.8 Å². The zero-order chi connectivity index (χ0) is 13.8. The summed E-state index contributed by atoms with van der Waals surface area (Å²) >= 11 is 2.08. The molecule has 106 valence electrons. The van der Waals surface area contributed by atoms with Gasteiger partial charge in [0, 0.05) is 11.8 Å². The highest BCUT2D eigenvalue weighted by atomic mass is 32.2. The molecule has 0 aliphatic carbocycles. The molecule has 1 aliphatic heterocycles. The Kier molecular flexibility index (Phi) is 5.35. The van der Waals surface area contributed by atoms with E-state index < -0.39 is 0 Å². The first-order valence-electron chi connectivity index (χ1n) is 7.57. The van der Waals surface area contributed by atoms with E-state index in [9.17, 15) is 0 Å². The van der Waals surface area contributed by atoms with Crippen LogP contribution in [0.15, 0.2) is 18.2 Å². The highest BCUT2D eigenvalue weighted by Gasteiger charge is 2.24. The van der Waals surface area contributed by atoms with Crippen molar-refractivity contribution in [3.05, 3.63) is 34.9 Å². The van der Waals surface area contributed by atoms with E-state index in [1.807, 2.05) is 0 Å². The van der Waals surface area contributed by atoms with Crippen LogP contribution in [0.5, 0.6) is 0 Å². The second-order valence-corrected chi connectivity index (χ2v) is 7.07. The Morgan fingerprint density at radius 3 is 2.84 bits per heavy atom. The van der Waals surface area contributed by atoms with Gasteiger partial charge in [-0.3, -0.25) is 0 Å². The van der Waals surface area contributed by atoms with Gasteiger partial charge in [0.1, 0.15) is 0 Å². The molecule has 2 unspecified atom stereocenters. The summed E-state index contributed by atoms with van der Waals surface area (Å²) in [4.78, 5) is 0. The van der Waals surface area contributed by atoms with Crippen LogP contribution >= 0.6 is 11.8 Å². The molecule has 1 aliphatic rings. The average molecular weight is 277 g/mol. The summed E-state index contributed by atoms with van der Waals surface area (Å²) in [6.07, 6.45) is 1.20. The number of hydrogen-bond acceptors (Lipinski definition) is 2. The zero-order valence-electron chi connectivity index (χ0n) is 12.7. The second-order valence-electron chi connectivity index (χ2n) is 6.04. The maximum absolute atomic E-state index is 3.77. The molecule has 2 atom stereocenters. The van der Waals surface area contributed by atoms with E-state index in [1.165, 1.54) is 29.1 Å². The van der Waals surface area contributed by atoms with E-state index in [1.54, 1.807) is 5.56 Å². The third-order valence-corrected chi connectivity index (χ3v) is 5.27. The molecule has 1 nitrogen and oxygen atoms in total. The summed E-state index contributed by atoms with van der Waals surface area (Å²) < 4.78 is 0. The van der Waals surface area contributed by atoms with Gasteiger partial charge in [-0.1, -0.05) is 45.9 Å². The van der Waals surface area contributed by atoms with E-state index in [4.69, 9.17) is 0 Å².